The lowest BCUT2D eigenvalue weighted by molar-refractivity contribution is -0.144. The molecule has 200 valence electrons. The molecule has 0 saturated heterocycles. The van der Waals surface area contributed by atoms with Crippen LogP contribution in [0.3, 0.4) is 0 Å². The molecule has 4 rings (SSSR count). The fourth-order valence-corrected chi connectivity index (χ4v) is 4.83. The lowest BCUT2D eigenvalue weighted by Gasteiger charge is -2.24. The summed E-state index contributed by atoms with van der Waals surface area (Å²) in [6.45, 7) is 5.63. The maximum Gasteiger partial charge on any atom is 0.323 e. The van der Waals surface area contributed by atoms with E-state index in [1.807, 2.05) is 63.2 Å². The minimum absolute atomic E-state index is 0.0435. The summed E-state index contributed by atoms with van der Waals surface area (Å²) in [7, 11) is 0. The predicted octanol–water partition coefficient (Wildman–Crippen LogP) is 5.86. The summed E-state index contributed by atoms with van der Waals surface area (Å²) in [6.07, 6.45) is 1.20. The van der Waals surface area contributed by atoms with Crippen molar-refractivity contribution in [2.24, 2.45) is 0 Å². The van der Waals surface area contributed by atoms with Gasteiger partial charge in [-0.1, -0.05) is 41.9 Å². The Morgan fingerprint density at radius 3 is 2.42 bits per heavy atom. The van der Waals surface area contributed by atoms with Gasteiger partial charge in [0.2, 0.25) is 5.91 Å². The number of carbonyl (C=O) groups excluding carboxylic acids is 1. The molecule has 0 fully saturated rings. The third-order valence-corrected chi connectivity index (χ3v) is 6.62. The average molecular weight is 540 g/mol. The van der Waals surface area contributed by atoms with Gasteiger partial charge in [0.15, 0.2) is 0 Å². The molecule has 0 spiro atoms. The molecule has 0 aliphatic carbocycles. The van der Waals surface area contributed by atoms with Crippen molar-refractivity contribution in [1.82, 2.24) is 4.90 Å². The van der Waals surface area contributed by atoms with E-state index < -0.39 is 23.9 Å². The molecule has 0 radical (unpaired) electrons. The number of benzene rings is 3. The Kier molecular flexibility index (Phi) is 8.26. The number of carbonyl (C=O) groups is 2. The molecule has 0 aromatic heterocycles. The number of ether oxygens (including phenoxy) is 2. The van der Waals surface area contributed by atoms with E-state index in [4.69, 9.17) is 21.1 Å². The number of hydrogen-bond acceptors (Lipinski definition) is 4. The summed E-state index contributed by atoms with van der Waals surface area (Å²) < 4.78 is 25.8. The predicted molar refractivity (Wildman–Crippen MR) is 143 cm³/mol. The molecule has 0 bridgehead atoms. The number of fused-ring (bicyclic) bond motifs is 1. The summed E-state index contributed by atoms with van der Waals surface area (Å²) >= 11 is 5.81. The highest BCUT2D eigenvalue weighted by Crippen LogP contribution is 2.38. The van der Waals surface area contributed by atoms with Gasteiger partial charge in [-0.15, -0.1) is 0 Å². The third kappa shape index (κ3) is 7.04. The van der Waals surface area contributed by atoms with Gasteiger partial charge in [-0.25, -0.2) is 4.39 Å². The van der Waals surface area contributed by atoms with Gasteiger partial charge < -0.3 is 19.5 Å². The van der Waals surface area contributed by atoms with Gasteiger partial charge in [0.25, 0.3) is 0 Å². The zero-order valence-electron chi connectivity index (χ0n) is 21.7. The van der Waals surface area contributed by atoms with Gasteiger partial charge >= 0.3 is 5.97 Å². The molecule has 1 heterocycles. The molecule has 0 saturated carbocycles. The highest BCUT2D eigenvalue weighted by molar-refractivity contribution is 6.30. The smallest absolute Gasteiger partial charge is 0.323 e. The van der Waals surface area contributed by atoms with Gasteiger partial charge in [0.1, 0.15) is 29.5 Å². The van der Waals surface area contributed by atoms with Crippen LogP contribution in [0.1, 0.15) is 43.0 Å². The third-order valence-electron chi connectivity index (χ3n) is 6.31. The van der Waals surface area contributed by atoms with Crippen molar-refractivity contribution < 1.29 is 28.6 Å². The zero-order chi connectivity index (χ0) is 27.4. The van der Waals surface area contributed by atoms with Crippen molar-refractivity contribution >= 4 is 23.5 Å². The monoisotopic (exact) mass is 539 g/mol. The SMILES string of the molecule is CC(C)Oc1ccc(CN(CC(=O)O)C(=O)Cc2ccc3c(c2)C[C@@](C)(Cc2ccc(Cl)c(F)c2)O3)cc1. The van der Waals surface area contributed by atoms with E-state index in [2.05, 4.69) is 0 Å². The summed E-state index contributed by atoms with van der Waals surface area (Å²) in [6, 6.07) is 17.6. The fourth-order valence-electron chi connectivity index (χ4n) is 4.71. The molecule has 6 nitrogen and oxygen atoms in total. The van der Waals surface area contributed by atoms with Crippen LogP contribution >= 0.6 is 11.6 Å². The average Bonchev–Trinajstić information content (AvgIpc) is 3.16. The summed E-state index contributed by atoms with van der Waals surface area (Å²) in [5.74, 6) is -0.379. The van der Waals surface area contributed by atoms with Crippen molar-refractivity contribution in [2.75, 3.05) is 6.54 Å². The number of nitrogens with zero attached hydrogens (tertiary/aromatic N) is 1. The van der Waals surface area contributed by atoms with E-state index in [1.54, 1.807) is 6.07 Å². The molecule has 1 amide bonds. The van der Waals surface area contributed by atoms with Crippen molar-refractivity contribution in [1.29, 1.82) is 0 Å². The van der Waals surface area contributed by atoms with Crippen molar-refractivity contribution in [3.05, 3.63) is 93.8 Å². The van der Waals surface area contributed by atoms with Gasteiger partial charge in [-0.3, -0.25) is 9.59 Å². The zero-order valence-corrected chi connectivity index (χ0v) is 22.4. The Balaban J connectivity index is 1.43. The summed E-state index contributed by atoms with van der Waals surface area (Å²) in [5, 5.41) is 9.48. The largest absolute Gasteiger partial charge is 0.491 e. The first kappa shape index (κ1) is 27.5. The Morgan fingerprint density at radius 1 is 1.08 bits per heavy atom. The van der Waals surface area contributed by atoms with Gasteiger partial charge in [0, 0.05) is 19.4 Å². The molecule has 1 atom stereocenters. The van der Waals surface area contributed by atoms with Gasteiger partial charge in [-0.2, -0.15) is 0 Å². The van der Waals surface area contributed by atoms with Crippen molar-refractivity contribution in [3.8, 4) is 11.5 Å². The first-order valence-electron chi connectivity index (χ1n) is 12.5. The Bertz CT molecular complexity index is 1330. The Hall–Kier alpha value is -3.58. The van der Waals surface area contributed by atoms with E-state index in [-0.39, 0.29) is 30.0 Å². The van der Waals surface area contributed by atoms with E-state index in [0.717, 1.165) is 28.0 Å². The van der Waals surface area contributed by atoms with Crippen LogP contribution in [0.4, 0.5) is 4.39 Å². The fraction of sp³-hybridized carbons (Fsp3) is 0.333. The molecular formula is C30H31ClFNO5. The maximum atomic E-state index is 13.9. The van der Waals surface area contributed by atoms with Crippen molar-refractivity contribution in [2.45, 2.75) is 58.3 Å². The van der Waals surface area contributed by atoms with Crippen LogP contribution < -0.4 is 9.47 Å². The standard InChI is InChI=1S/C30H31ClFNO5/c1-19(2)37-24-8-4-20(5-9-24)17-33(18-29(35)36)28(34)14-21-7-11-27-23(12-21)16-30(3,38-27)15-22-6-10-25(31)26(32)13-22/h4-13,19H,14-18H2,1-3H3,(H,35,36)/t30-/m1/s1. The Morgan fingerprint density at radius 2 is 1.76 bits per heavy atom. The molecule has 1 aliphatic heterocycles. The normalized spacial score (nSPS) is 16.2. The van der Waals surface area contributed by atoms with Crippen LogP contribution in [0.15, 0.2) is 60.7 Å². The van der Waals surface area contributed by atoms with Crippen LogP contribution in [-0.2, 0) is 35.4 Å². The van der Waals surface area contributed by atoms with Gasteiger partial charge in [0.05, 0.1) is 17.5 Å². The quantitative estimate of drug-likeness (QED) is 0.349. The minimum atomic E-state index is -1.07. The van der Waals surface area contributed by atoms with Gasteiger partial charge in [-0.05, 0) is 73.4 Å². The minimum Gasteiger partial charge on any atom is -0.491 e. The first-order valence-corrected chi connectivity index (χ1v) is 12.9. The first-order chi connectivity index (χ1) is 18.0. The molecular weight excluding hydrogens is 509 g/mol. The van der Waals surface area contributed by atoms with Crippen LogP contribution in [0, 0.1) is 5.82 Å². The molecule has 0 unspecified atom stereocenters. The second kappa shape index (κ2) is 11.4. The molecule has 8 heteroatoms. The molecule has 3 aromatic rings. The number of aliphatic carboxylic acids is 1. The molecule has 3 aromatic carbocycles. The van der Waals surface area contributed by atoms with E-state index >= 15 is 0 Å². The topological polar surface area (TPSA) is 76.1 Å². The molecule has 1 aliphatic rings. The van der Waals surface area contributed by atoms with E-state index in [0.29, 0.717) is 18.6 Å². The number of carboxylic acid groups (broad SMARTS) is 1. The van der Waals surface area contributed by atoms with Crippen LogP contribution in [-0.4, -0.2) is 40.1 Å². The van der Waals surface area contributed by atoms with Crippen LogP contribution in [0.5, 0.6) is 11.5 Å². The number of halogens is 2. The molecule has 1 N–H and O–H groups in total. The number of rotatable bonds is 10. The second-order valence-corrected chi connectivity index (χ2v) is 10.6. The summed E-state index contributed by atoms with van der Waals surface area (Å²) in [5.41, 5.74) is 2.76. The molecule has 38 heavy (non-hydrogen) atoms. The summed E-state index contributed by atoms with van der Waals surface area (Å²) in [4.78, 5) is 26.0. The second-order valence-electron chi connectivity index (χ2n) is 10.2. The highest BCUT2D eigenvalue weighted by atomic mass is 35.5. The number of amides is 1. The van der Waals surface area contributed by atoms with Crippen LogP contribution in [0.25, 0.3) is 0 Å². The van der Waals surface area contributed by atoms with Crippen LogP contribution in [0.2, 0.25) is 5.02 Å². The highest BCUT2D eigenvalue weighted by Gasteiger charge is 2.35. The van der Waals surface area contributed by atoms with Crippen molar-refractivity contribution in [3.63, 3.8) is 0 Å². The van der Waals surface area contributed by atoms with E-state index in [1.165, 1.54) is 17.0 Å². The lowest BCUT2D eigenvalue weighted by atomic mass is 9.91. The lowest BCUT2D eigenvalue weighted by Crippen LogP contribution is -2.36. The number of carboxylic acids is 1. The Labute approximate surface area is 226 Å². The maximum absolute atomic E-state index is 13.9. The number of hydrogen-bond donors (Lipinski definition) is 1. The van der Waals surface area contributed by atoms with E-state index in [9.17, 15) is 19.1 Å².